The summed E-state index contributed by atoms with van der Waals surface area (Å²) < 4.78 is 22.0. The van der Waals surface area contributed by atoms with Crippen LogP contribution in [0.3, 0.4) is 0 Å². The molecule has 38 heavy (non-hydrogen) atoms. The predicted octanol–water partition coefficient (Wildman–Crippen LogP) is 3.13. The second-order valence-corrected chi connectivity index (χ2v) is 9.42. The van der Waals surface area contributed by atoms with Gasteiger partial charge < -0.3 is 19.7 Å². The minimum Gasteiger partial charge on any atom is -0.475 e. The summed E-state index contributed by atoms with van der Waals surface area (Å²) in [5.74, 6) is 0.233. The number of hydrogen-bond donors (Lipinski definition) is 2. The van der Waals surface area contributed by atoms with E-state index in [1.807, 2.05) is 11.0 Å². The number of tetrazole rings is 1. The number of halogens is 2. The Labute approximate surface area is 220 Å². The Morgan fingerprint density at radius 1 is 1.24 bits per heavy atom. The molecule has 1 saturated heterocycles. The first-order valence-corrected chi connectivity index (χ1v) is 12.4. The van der Waals surface area contributed by atoms with E-state index in [4.69, 9.17) is 21.4 Å². The van der Waals surface area contributed by atoms with Gasteiger partial charge in [0.25, 0.3) is 0 Å². The highest BCUT2D eigenvalue weighted by molar-refractivity contribution is 6.31. The van der Waals surface area contributed by atoms with Crippen molar-refractivity contribution >= 4 is 23.1 Å². The number of benzene rings is 1. The first kappa shape index (κ1) is 24.2. The van der Waals surface area contributed by atoms with Crippen molar-refractivity contribution in [3.63, 3.8) is 0 Å². The molecule has 5 heterocycles. The van der Waals surface area contributed by atoms with Gasteiger partial charge in [-0.25, -0.2) is 14.4 Å². The fourth-order valence-electron chi connectivity index (χ4n) is 5.16. The van der Waals surface area contributed by atoms with E-state index < -0.39 is 5.82 Å². The summed E-state index contributed by atoms with van der Waals surface area (Å²) in [6.07, 6.45) is 8.07. The van der Waals surface area contributed by atoms with Crippen LogP contribution in [-0.4, -0.2) is 70.3 Å². The first-order chi connectivity index (χ1) is 18.5. The van der Waals surface area contributed by atoms with Gasteiger partial charge in [0, 0.05) is 35.5 Å². The van der Waals surface area contributed by atoms with Gasteiger partial charge in [-0.1, -0.05) is 11.6 Å². The number of aromatic nitrogens is 7. The van der Waals surface area contributed by atoms with Gasteiger partial charge in [0.2, 0.25) is 11.8 Å². The highest BCUT2D eigenvalue weighted by Gasteiger charge is 2.42. The van der Waals surface area contributed by atoms with Crippen LogP contribution in [0.25, 0.3) is 22.5 Å². The molecule has 11 nitrogen and oxygen atoms in total. The van der Waals surface area contributed by atoms with Gasteiger partial charge in [0.15, 0.2) is 5.82 Å². The van der Waals surface area contributed by atoms with Gasteiger partial charge >= 0.3 is 0 Å². The zero-order valence-corrected chi connectivity index (χ0v) is 20.7. The number of amides is 1. The summed E-state index contributed by atoms with van der Waals surface area (Å²) in [4.78, 5) is 27.3. The van der Waals surface area contributed by atoms with Crippen molar-refractivity contribution in [2.45, 2.75) is 31.3 Å². The SMILES string of the molecule is O=C1C=C(c2c(-n3cnnn3)ccc(Cl)c2F)CC2CCC(c3ncc(-c4ccnc(OCCO)c4)[nH]3)N12. The van der Waals surface area contributed by atoms with E-state index in [1.54, 1.807) is 24.5 Å². The van der Waals surface area contributed by atoms with Crippen LogP contribution in [0.4, 0.5) is 4.39 Å². The third-order valence-electron chi connectivity index (χ3n) is 6.80. The number of nitrogens with one attached hydrogen (secondary N) is 1. The predicted molar refractivity (Wildman–Crippen MR) is 134 cm³/mol. The number of ether oxygens (including phenoxy) is 1. The second kappa shape index (κ2) is 9.95. The Balaban J connectivity index is 1.28. The highest BCUT2D eigenvalue weighted by atomic mass is 35.5. The average Bonchev–Trinajstić information content (AvgIpc) is 3.70. The van der Waals surface area contributed by atoms with E-state index in [-0.39, 0.29) is 41.8 Å². The standard InChI is InChI=1S/C25H22ClFN8O3/c26-17-2-4-19(34-13-30-32-33-34)23(24(17)27)15-9-16-1-3-20(35(16)22(37)11-15)25-29-12-18(31-25)14-5-6-28-21(10-14)38-8-7-36/h2,4-6,10-13,16,20,36H,1,3,7-9H2,(H,29,31). The van der Waals surface area contributed by atoms with Crippen molar-refractivity contribution in [1.29, 1.82) is 0 Å². The fourth-order valence-corrected chi connectivity index (χ4v) is 5.32. The summed E-state index contributed by atoms with van der Waals surface area (Å²) in [5, 5.41) is 20.1. The third kappa shape index (κ3) is 4.31. The topological polar surface area (TPSA) is 135 Å². The van der Waals surface area contributed by atoms with Crippen LogP contribution in [0.15, 0.2) is 49.1 Å². The molecular formula is C25H22ClFN8O3. The molecule has 1 aromatic carbocycles. The van der Waals surface area contributed by atoms with Crippen molar-refractivity contribution in [2.24, 2.45) is 0 Å². The number of carbonyl (C=O) groups excluding carboxylic acids is 1. The van der Waals surface area contributed by atoms with Crippen LogP contribution >= 0.6 is 11.6 Å². The number of fused-ring (bicyclic) bond motifs is 1. The normalized spacial score (nSPS) is 19.0. The summed E-state index contributed by atoms with van der Waals surface area (Å²) in [6, 6.07) is 6.29. The molecule has 13 heteroatoms. The number of rotatable bonds is 7. The van der Waals surface area contributed by atoms with Crippen molar-refractivity contribution < 1.29 is 19.0 Å². The molecule has 2 unspecified atom stereocenters. The van der Waals surface area contributed by atoms with Crippen LogP contribution in [0.2, 0.25) is 5.02 Å². The van der Waals surface area contributed by atoms with Crippen LogP contribution < -0.4 is 4.74 Å². The van der Waals surface area contributed by atoms with Gasteiger partial charge in [-0.15, -0.1) is 5.10 Å². The van der Waals surface area contributed by atoms with E-state index in [2.05, 4.69) is 30.5 Å². The number of pyridine rings is 1. The average molecular weight is 537 g/mol. The number of aliphatic hydroxyl groups excluding tert-OH is 1. The Hall–Kier alpha value is -4.16. The van der Waals surface area contributed by atoms with E-state index in [9.17, 15) is 4.79 Å². The number of nitrogens with zero attached hydrogens (tertiary/aromatic N) is 7. The Bertz CT molecular complexity index is 1520. The molecule has 0 aliphatic carbocycles. The van der Waals surface area contributed by atoms with E-state index in [0.717, 1.165) is 17.7 Å². The largest absolute Gasteiger partial charge is 0.475 e. The van der Waals surface area contributed by atoms with Crippen molar-refractivity contribution in [3.05, 3.63) is 71.3 Å². The van der Waals surface area contributed by atoms with Gasteiger partial charge in [-0.3, -0.25) is 4.79 Å². The number of carbonyl (C=O) groups is 1. The Kier molecular flexibility index (Phi) is 6.34. The third-order valence-corrected chi connectivity index (χ3v) is 7.09. The maximum atomic E-state index is 15.3. The monoisotopic (exact) mass is 536 g/mol. The van der Waals surface area contributed by atoms with Gasteiger partial charge in [0.05, 0.1) is 35.2 Å². The van der Waals surface area contributed by atoms with Crippen LogP contribution in [-0.2, 0) is 4.79 Å². The lowest BCUT2D eigenvalue weighted by Gasteiger charge is -2.33. The minimum atomic E-state index is -0.614. The second-order valence-electron chi connectivity index (χ2n) is 9.01. The molecular weight excluding hydrogens is 515 g/mol. The quantitative estimate of drug-likeness (QED) is 0.368. The van der Waals surface area contributed by atoms with E-state index >= 15 is 4.39 Å². The molecule has 2 N–H and O–H groups in total. The van der Waals surface area contributed by atoms with Crippen molar-refractivity contribution in [2.75, 3.05) is 13.2 Å². The van der Waals surface area contributed by atoms with Crippen molar-refractivity contribution in [3.8, 4) is 22.8 Å². The molecule has 1 amide bonds. The molecule has 194 valence electrons. The summed E-state index contributed by atoms with van der Waals surface area (Å²) in [5.41, 5.74) is 2.76. The van der Waals surface area contributed by atoms with Crippen LogP contribution in [0, 0.1) is 5.82 Å². The molecule has 0 bridgehead atoms. The highest BCUT2D eigenvalue weighted by Crippen LogP contribution is 2.44. The van der Waals surface area contributed by atoms with Gasteiger partial charge in [-0.2, -0.15) is 4.68 Å². The molecule has 3 aromatic heterocycles. The molecule has 4 aromatic rings. The minimum absolute atomic E-state index is 0.0407. The zero-order chi connectivity index (χ0) is 26.2. The fraction of sp³-hybridized carbons (Fsp3) is 0.280. The van der Waals surface area contributed by atoms with Gasteiger partial charge in [-0.05, 0) is 53.5 Å². The molecule has 1 fully saturated rings. The molecule has 0 radical (unpaired) electrons. The lowest BCUT2D eigenvalue weighted by Crippen LogP contribution is -2.39. The lowest BCUT2D eigenvalue weighted by molar-refractivity contribution is -0.129. The number of imidazole rings is 1. The molecule has 2 aliphatic heterocycles. The van der Waals surface area contributed by atoms with E-state index in [1.165, 1.54) is 23.2 Å². The number of aliphatic hydroxyl groups is 1. The lowest BCUT2D eigenvalue weighted by atomic mass is 9.92. The zero-order valence-electron chi connectivity index (χ0n) is 20.0. The molecule has 0 saturated carbocycles. The Morgan fingerprint density at radius 3 is 2.95 bits per heavy atom. The maximum Gasteiger partial charge on any atom is 0.247 e. The smallest absolute Gasteiger partial charge is 0.247 e. The van der Waals surface area contributed by atoms with E-state index in [0.29, 0.717) is 35.8 Å². The molecule has 2 atom stereocenters. The molecule has 6 rings (SSSR count). The summed E-state index contributed by atoms with van der Waals surface area (Å²) in [7, 11) is 0. The van der Waals surface area contributed by atoms with Gasteiger partial charge in [0.1, 0.15) is 18.8 Å². The van der Waals surface area contributed by atoms with Crippen LogP contribution in [0.1, 0.15) is 36.7 Å². The summed E-state index contributed by atoms with van der Waals surface area (Å²) >= 11 is 6.11. The number of hydrogen-bond acceptors (Lipinski definition) is 8. The molecule has 0 spiro atoms. The maximum absolute atomic E-state index is 15.3. The number of H-pyrrole nitrogens is 1. The van der Waals surface area contributed by atoms with Crippen LogP contribution in [0.5, 0.6) is 5.88 Å². The Morgan fingerprint density at radius 2 is 2.13 bits per heavy atom. The number of aromatic amines is 1. The van der Waals surface area contributed by atoms with Crippen molar-refractivity contribution in [1.82, 2.24) is 40.1 Å². The first-order valence-electron chi connectivity index (χ1n) is 12.0. The summed E-state index contributed by atoms with van der Waals surface area (Å²) in [6.45, 7) is 0.0446. The molecule has 2 aliphatic rings.